The van der Waals surface area contributed by atoms with Crippen molar-refractivity contribution in [2.45, 2.75) is 52.6 Å². The van der Waals surface area contributed by atoms with E-state index in [4.69, 9.17) is 14.5 Å². The molecule has 0 N–H and O–H groups in total. The molecule has 0 aromatic carbocycles. The van der Waals surface area contributed by atoms with Gasteiger partial charge in [-0.3, -0.25) is 0 Å². The summed E-state index contributed by atoms with van der Waals surface area (Å²) in [4.78, 5) is 4.35. The molecule has 0 aliphatic heterocycles. The highest BCUT2D eigenvalue weighted by molar-refractivity contribution is 4.95. The van der Waals surface area contributed by atoms with Gasteiger partial charge in [0, 0.05) is 26.4 Å². The molecule has 0 fully saturated rings. The lowest BCUT2D eigenvalue weighted by Crippen LogP contribution is -2.18. The van der Waals surface area contributed by atoms with E-state index in [0.717, 1.165) is 6.42 Å². The lowest BCUT2D eigenvalue weighted by Gasteiger charge is -2.22. The second-order valence-corrected chi connectivity index (χ2v) is 5.03. The Labute approximate surface area is 108 Å². The monoisotopic (exact) mass is 251 g/mol. The number of ether oxygens (including phenoxy) is 1. The van der Waals surface area contributed by atoms with Gasteiger partial charge >= 0.3 is 0 Å². The molecule has 0 radical (unpaired) electrons. The van der Waals surface area contributed by atoms with E-state index >= 15 is 0 Å². The van der Waals surface area contributed by atoms with Crippen molar-refractivity contribution in [2.75, 3.05) is 7.11 Å². The minimum absolute atomic E-state index is 0.0760. The van der Waals surface area contributed by atoms with E-state index in [2.05, 4.69) is 30.1 Å². The second kappa shape index (κ2) is 6.50. The van der Waals surface area contributed by atoms with Crippen LogP contribution < -0.4 is 0 Å². The summed E-state index contributed by atoms with van der Waals surface area (Å²) in [5, 5.41) is 12.8. The van der Waals surface area contributed by atoms with Crippen molar-refractivity contribution in [3.8, 4) is 6.07 Å². The fraction of sp³-hybridized carbons (Fsp3) is 0.769. The zero-order valence-electron chi connectivity index (χ0n) is 11.6. The lowest BCUT2D eigenvalue weighted by atomic mass is 9.81. The first-order valence-electron chi connectivity index (χ1n) is 6.24. The smallest absolute Gasteiger partial charge is 0.227 e. The van der Waals surface area contributed by atoms with Gasteiger partial charge in [0.1, 0.15) is 0 Å². The molecule has 0 aliphatic rings. The van der Waals surface area contributed by atoms with E-state index < -0.39 is 0 Å². The number of aromatic nitrogens is 2. The number of hydrogen-bond acceptors (Lipinski definition) is 5. The maximum atomic E-state index is 8.83. The van der Waals surface area contributed by atoms with E-state index in [1.54, 1.807) is 7.11 Å². The second-order valence-electron chi connectivity index (χ2n) is 5.03. The van der Waals surface area contributed by atoms with E-state index in [1.807, 2.05) is 6.92 Å². The van der Waals surface area contributed by atoms with Crippen LogP contribution in [0.15, 0.2) is 4.52 Å². The minimum atomic E-state index is -0.0918. The van der Waals surface area contributed by atoms with E-state index in [0.29, 0.717) is 31.0 Å². The molecule has 2 unspecified atom stereocenters. The van der Waals surface area contributed by atoms with Crippen LogP contribution in [0.4, 0.5) is 0 Å². The predicted molar refractivity (Wildman–Crippen MR) is 66.8 cm³/mol. The van der Waals surface area contributed by atoms with Crippen molar-refractivity contribution >= 4 is 0 Å². The molecule has 1 aromatic rings. The molecule has 0 saturated heterocycles. The van der Waals surface area contributed by atoms with Gasteiger partial charge in [0.2, 0.25) is 5.89 Å². The van der Waals surface area contributed by atoms with Gasteiger partial charge < -0.3 is 9.26 Å². The Hall–Kier alpha value is -1.41. The minimum Gasteiger partial charge on any atom is -0.381 e. The Kier molecular flexibility index (Phi) is 5.29. The first-order valence-corrected chi connectivity index (χ1v) is 6.24. The van der Waals surface area contributed by atoms with E-state index in [1.165, 1.54) is 0 Å². The summed E-state index contributed by atoms with van der Waals surface area (Å²) >= 11 is 0. The van der Waals surface area contributed by atoms with Gasteiger partial charge in [0.05, 0.1) is 12.2 Å². The normalized spacial score (nSPS) is 15.9. The zero-order valence-corrected chi connectivity index (χ0v) is 11.6. The van der Waals surface area contributed by atoms with Crippen molar-refractivity contribution in [1.29, 1.82) is 5.26 Å². The molecule has 5 heteroatoms. The first kappa shape index (κ1) is 14.7. The average molecular weight is 251 g/mol. The highest BCUT2D eigenvalue weighted by Crippen LogP contribution is 2.29. The van der Waals surface area contributed by atoms with Crippen LogP contribution in [-0.4, -0.2) is 23.4 Å². The van der Waals surface area contributed by atoms with Crippen LogP contribution in [0.1, 0.15) is 45.3 Å². The van der Waals surface area contributed by atoms with Crippen LogP contribution in [0.25, 0.3) is 0 Å². The van der Waals surface area contributed by atoms with Crippen LogP contribution in [0, 0.1) is 16.7 Å². The van der Waals surface area contributed by atoms with Gasteiger partial charge in [-0.15, -0.1) is 0 Å². The highest BCUT2D eigenvalue weighted by atomic mass is 16.5. The topological polar surface area (TPSA) is 71.9 Å². The molecule has 1 heterocycles. The van der Waals surface area contributed by atoms with Crippen LogP contribution >= 0.6 is 0 Å². The first-order chi connectivity index (χ1) is 8.53. The third-order valence-corrected chi connectivity index (χ3v) is 3.32. The van der Waals surface area contributed by atoms with Gasteiger partial charge in [0.25, 0.3) is 0 Å². The predicted octanol–water partition coefficient (Wildman–Crippen LogP) is 2.52. The Morgan fingerprint density at radius 1 is 1.56 bits per heavy atom. The van der Waals surface area contributed by atoms with Crippen molar-refractivity contribution in [1.82, 2.24) is 10.1 Å². The molecule has 5 nitrogen and oxygen atoms in total. The van der Waals surface area contributed by atoms with Gasteiger partial charge in [0.15, 0.2) is 5.82 Å². The van der Waals surface area contributed by atoms with Gasteiger partial charge in [-0.05, 0) is 18.8 Å². The fourth-order valence-corrected chi connectivity index (χ4v) is 1.65. The van der Waals surface area contributed by atoms with Gasteiger partial charge in [-0.2, -0.15) is 10.2 Å². The van der Waals surface area contributed by atoms with Crippen molar-refractivity contribution in [3.05, 3.63) is 11.7 Å². The maximum absolute atomic E-state index is 8.83. The number of methoxy groups -OCH3 is 1. The van der Waals surface area contributed by atoms with Crippen molar-refractivity contribution in [3.63, 3.8) is 0 Å². The maximum Gasteiger partial charge on any atom is 0.227 e. The van der Waals surface area contributed by atoms with E-state index in [-0.39, 0.29) is 11.5 Å². The number of hydrogen-bond donors (Lipinski definition) is 0. The largest absolute Gasteiger partial charge is 0.381 e. The lowest BCUT2D eigenvalue weighted by molar-refractivity contribution is 0.116. The van der Waals surface area contributed by atoms with Crippen LogP contribution in [0.3, 0.4) is 0 Å². The Bertz CT molecular complexity index is 411. The molecular weight excluding hydrogens is 230 g/mol. The molecule has 0 bridgehead atoms. The number of rotatable bonds is 7. The third-order valence-electron chi connectivity index (χ3n) is 3.32. The summed E-state index contributed by atoms with van der Waals surface area (Å²) in [5.41, 5.74) is -0.0918. The van der Waals surface area contributed by atoms with Crippen molar-refractivity contribution < 1.29 is 9.26 Å². The molecule has 1 aromatic heterocycles. The molecule has 18 heavy (non-hydrogen) atoms. The zero-order chi connectivity index (χ0) is 13.6. The standard InChI is InChI=1S/C13H21N3O2/c1-5-13(3,6-7-14)9-12-15-11(16-18-12)8-10(2)17-4/h10H,5-6,8-9H2,1-4H3. The van der Waals surface area contributed by atoms with E-state index in [9.17, 15) is 0 Å². The molecule has 100 valence electrons. The van der Waals surface area contributed by atoms with Gasteiger partial charge in [-0.25, -0.2) is 0 Å². The summed E-state index contributed by atoms with van der Waals surface area (Å²) in [6.07, 6.45) is 2.77. The number of nitriles is 1. The summed E-state index contributed by atoms with van der Waals surface area (Å²) in [5.74, 6) is 1.27. The summed E-state index contributed by atoms with van der Waals surface area (Å²) in [6.45, 7) is 6.10. The molecule has 0 amide bonds. The summed E-state index contributed by atoms with van der Waals surface area (Å²) in [6, 6.07) is 2.22. The molecule has 0 aliphatic carbocycles. The van der Waals surface area contributed by atoms with Crippen molar-refractivity contribution in [2.24, 2.45) is 5.41 Å². The summed E-state index contributed by atoms with van der Waals surface area (Å²) in [7, 11) is 1.66. The van der Waals surface area contributed by atoms with Gasteiger partial charge in [-0.1, -0.05) is 19.0 Å². The highest BCUT2D eigenvalue weighted by Gasteiger charge is 2.25. The molecule has 0 saturated carbocycles. The van der Waals surface area contributed by atoms with Crippen LogP contribution in [0.2, 0.25) is 0 Å². The fourth-order valence-electron chi connectivity index (χ4n) is 1.65. The Morgan fingerprint density at radius 2 is 2.28 bits per heavy atom. The average Bonchev–Trinajstić information content (AvgIpc) is 2.76. The molecular formula is C13H21N3O2. The summed E-state index contributed by atoms with van der Waals surface area (Å²) < 4.78 is 10.4. The molecule has 1 rings (SSSR count). The SMILES string of the molecule is CCC(C)(CC#N)Cc1nc(CC(C)OC)no1. The Morgan fingerprint density at radius 3 is 2.83 bits per heavy atom. The quantitative estimate of drug-likeness (QED) is 0.744. The van der Waals surface area contributed by atoms with Crippen LogP contribution in [0.5, 0.6) is 0 Å². The number of nitrogens with zero attached hydrogens (tertiary/aromatic N) is 3. The van der Waals surface area contributed by atoms with Crippen LogP contribution in [-0.2, 0) is 17.6 Å². The molecule has 2 atom stereocenters. The molecule has 0 spiro atoms. The Balaban J connectivity index is 2.66. The third kappa shape index (κ3) is 4.11.